The Morgan fingerprint density at radius 1 is 0.452 bits per heavy atom. The predicted molar refractivity (Wildman–Crippen MR) is 130 cm³/mol. The van der Waals surface area contributed by atoms with Gasteiger partial charge in [0, 0.05) is 11.1 Å². The number of Topliss-reactive ketones (excluding diaryl/α,β-unsaturated/α-hetero) is 2. The van der Waals surface area contributed by atoms with Gasteiger partial charge in [-0.15, -0.1) is 11.8 Å². The van der Waals surface area contributed by atoms with Crippen molar-refractivity contribution in [2.75, 3.05) is 11.5 Å². The van der Waals surface area contributed by atoms with Gasteiger partial charge in [0.2, 0.25) is 0 Å². The summed E-state index contributed by atoms with van der Waals surface area (Å²) in [6, 6.07) is 35.4. The summed E-state index contributed by atoms with van der Waals surface area (Å²) in [5.74, 6) is 0.658. The second-order valence-corrected chi connectivity index (χ2v) is 8.21. The Hall–Kier alpha value is -3.43. The molecule has 0 unspecified atom stereocenters. The highest BCUT2D eigenvalue weighted by Gasteiger charge is 2.10. The number of ketones is 2. The fourth-order valence-electron chi connectivity index (χ4n) is 3.36. The van der Waals surface area contributed by atoms with Crippen LogP contribution < -0.4 is 0 Å². The van der Waals surface area contributed by atoms with Crippen LogP contribution in [0.1, 0.15) is 20.7 Å². The van der Waals surface area contributed by atoms with Crippen LogP contribution in [0.5, 0.6) is 0 Å². The van der Waals surface area contributed by atoms with Gasteiger partial charge in [-0.05, 0) is 22.3 Å². The van der Waals surface area contributed by atoms with Crippen molar-refractivity contribution in [3.63, 3.8) is 0 Å². The van der Waals surface area contributed by atoms with E-state index in [1.807, 2.05) is 109 Å². The number of hydrogen-bond donors (Lipinski definition) is 0. The SMILES string of the molecule is O=C(CSCC(=O)c1ccc(-c2ccccc2)cc1)c1ccc(-c2ccccc2)cc1. The van der Waals surface area contributed by atoms with E-state index < -0.39 is 0 Å². The summed E-state index contributed by atoms with van der Waals surface area (Å²) in [6.45, 7) is 0. The Bertz CT molecular complexity index is 1050. The summed E-state index contributed by atoms with van der Waals surface area (Å²) in [4.78, 5) is 25.0. The molecule has 0 bridgehead atoms. The normalized spacial score (nSPS) is 10.6. The molecule has 0 atom stereocenters. The average molecular weight is 423 g/mol. The van der Waals surface area contributed by atoms with E-state index in [0.717, 1.165) is 22.3 Å². The number of carbonyl (C=O) groups excluding carboxylic acids is 2. The molecule has 0 heterocycles. The third kappa shape index (κ3) is 5.39. The Morgan fingerprint density at radius 2 is 0.774 bits per heavy atom. The van der Waals surface area contributed by atoms with Crippen molar-refractivity contribution in [2.24, 2.45) is 0 Å². The lowest BCUT2D eigenvalue weighted by atomic mass is 10.0. The fraction of sp³-hybridized carbons (Fsp3) is 0.0714. The molecule has 0 saturated heterocycles. The van der Waals surface area contributed by atoms with Crippen LogP contribution >= 0.6 is 11.8 Å². The molecule has 0 aliphatic heterocycles. The molecule has 0 saturated carbocycles. The third-order valence-electron chi connectivity index (χ3n) is 5.09. The minimum Gasteiger partial charge on any atom is -0.293 e. The first-order valence-electron chi connectivity index (χ1n) is 10.2. The van der Waals surface area contributed by atoms with Gasteiger partial charge in [0.15, 0.2) is 11.6 Å². The fourth-order valence-corrected chi connectivity index (χ4v) is 4.17. The molecule has 0 aliphatic carbocycles. The van der Waals surface area contributed by atoms with Gasteiger partial charge in [-0.25, -0.2) is 0 Å². The second-order valence-electron chi connectivity index (χ2n) is 7.23. The first-order valence-corrected chi connectivity index (χ1v) is 11.3. The number of benzene rings is 4. The van der Waals surface area contributed by atoms with Gasteiger partial charge in [0.25, 0.3) is 0 Å². The van der Waals surface area contributed by atoms with Crippen LogP contribution in [0.2, 0.25) is 0 Å². The van der Waals surface area contributed by atoms with Gasteiger partial charge in [-0.2, -0.15) is 0 Å². The highest BCUT2D eigenvalue weighted by atomic mass is 32.2. The van der Waals surface area contributed by atoms with Crippen molar-refractivity contribution >= 4 is 23.3 Å². The topological polar surface area (TPSA) is 34.1 Å². The molecule has 0 amide bonds. The maximum Gasteiger partial charge on any atom is 0.172 e. The maximum absolute atomic E-state index is 12.5. The molecule has 0 N–H and O–H groups in total. The number of carbonyl (C=O) groups is 2. The summed E-state index contributed by atoms with van der Waals surface area (Å²) in [7, 11) is 0. The monoisotopic (exact) mass is 422 g/mol. The molecule has 0 radical (unpaired) electrons. The Morgan fingerprint density at radius 3 is 1.13 bits per heavy atom. The molecule has 4 aromatic carbocycles. The molecule has 31 heavy (non-hydrogen) atoms. The molecule has 4 aromatic rings. The minimum atomic E-state index is 0.0387. The van der Waals surface area contributed by atoms with E-state index in [4.69, 9.17) is 0 Å². The van der Waals surface area contributed by atoms with E-state index in [-0.39, 0.29) is 11.6 Å². The van der Waals surface area contributed by atoms with Crippen LogP contribution in [0, 0.1) is 0 Å². The van der Waals surface area contributed by atoms with Crippen molar-refractivity contribution in [2.45, 2.75) is 0 Å². The lowest BCUT2D eigenvalue weighted by Gasteiger charge is -2.06. The quantitative estimate of drug-likeness (QED) is 0.292. The molecular weight excluding hydrogens is 400 g/mol. The molecule has 0 aliphatic rings. The van der Waals surface area contributed by atoms with Crippen LogP contribution in [0.4, 0.5) is 0 Å². The van der Waals surface area contributed by atoms with Gasteiger partial charge in [0.1, 0.15) is 0 Å². The van der Waals surface area contributed by atoms with Gasteiger partial charge in [-0.1, -0.05) is 109 Å². The second kappa shape index (κ2) is 10.1. The molecule has 4 rings (SSSR count). The van der Waals surface area contributed by atoms with Crippen molar-refractivity contribution in [3.8, 4) is 22.3 Å². The van der Waals surface area contributed by atoms with Crippen LogP contribution in [0.15, 0.2) is 109 Å². The standard InChI is InChI=1S/C28H22O2S/c29-27(25-15-11-23(12-16-25)21-7-3-1-4-8-21)19-31-20-28(30)26-17-13-24(14-18-26)22-9-5-2-6-10-22/h1-18H,19-20H2. The van der Waals surface area contributed by atoms with E-state index in [9.17, 15) is 9.59 Å². The van der Waals surface area contributed by atoms with Crippen LogP contribution in [-0.2, 0) is 0 Å². The third-order valence-corrected chi connectivity index (χ3v) is 6.03. The zero-order chi connectivity index (χ0) is 21.5. The van der Waals surface area contributed by atoms with E-state index in [2.05, 4.69) is 0 Å². The summed E-state index contributed by atoms with van der Waals surface area (Å²) < 4.78 is 0. The molecule has 0 spiro atoms. The molecule has 3 heteroatoms. The van der Waals surface area contributed by atoms with Gasteiger partial charge >= 0.3 is 0 Å². The maximum atomic E-state index is 12.5. The predicted octanol–water partition coefficient (Wildman–Crippen LogP) is 6.82. The number of hydrogen-bond acceptors (Lipinski definition) is 3. The molecule has 152 valence electrons. The minimum absolute atomic E-state index is 0.0387. The largest absolute Gasteiger partial charge is 0.293 e. The summed E-state index contributed by atoms with van der Waals surface area (Å²) in [5, 5.41) is 0. The number of thioether (sulfide) groups is 1. The lowest BCUT2D eigenvalue weighted by Crippen LogP contribution is -2.07. The van der Waals surface area contributed by atoms with Crippen LogP contribution in [0.3, 0.4) is 0 Å². The zero-order valence-electron chi connectivity index (χ0n) is 17.0. The van der Waals surface area contributed by atoms with Crippen LogP contribution in [0.25, 0.3) is 22.3 Å². The molecule has 2 nitrogen and oxygen atoms in total. The number of rotatable bonds is 8. The Labute approximate surface area is 187 Å². The van der Waals surface area contributed by atoms with E-state index in [1.54, 1.807) is 0 Å². The highest BCUT2D eigenvalue weighted by Crippen LogP contribution is 2.21. The first kappa shape index (κ1) is 20.8. The Kier molecular flexibility index (Phi) is 6.75. The van der Waals surface area contributed by atoms with Crippen LogP contribution in [-0.4, -0.2) is 23.1 Å². The summed E-state index contributed by atoms with van der Waals surface area (Å²) >= 11 is 1.36. The average Bonchev–Trinajstić information content (AvgIpc) is 2.85. The lowest BCUT2D eigenvalue weighted by molar-refractivity contribution is 0.102. The zero-order valence-corrected chi connectivity index (χ0v) is 17.8. The molecule has 0 fully saturated rings. The summed E-state index contributed by atoms with van der Waals surface area (Å²) in [5.41, 5.74) is 5.76. The van der Waals surface area contributed by atoms with Gasteiger partial charge < -0.3 is 0 Å². The Balaban J connectivity index is 1.29. The van der Waals surface area contributed by atoms with Crippen molar-refractivity contribution in [1.82, 2.24) is 0 Å². The van der Waals surface area contributed by atoms with E-state index >= 15 is 0 Å². The van der Waals surface area contributed by atoms with E-state index in [0.29, 0.717) is 22.6 Å². The molecular formula is C28H22O2S. The van der Waals surface area contributed by atoms with Crippen molar-refractivity contribution in [3.05, 3.63) is 120 Å². The first-order chi connectivity index (χ1) is 15.2. The smallest absolute Gasteiger partial charge is 0.172 e. The summed E-state index contributed by atoms with van der Waals surface area (Å²) in [6.07, 6.45) is 0. The highest BCUT2D eigenvalue weighted by molar-refractivity contribution is 8.00. The van der Waals surface area contributed by atoms with Crippen molar-refractivity contribution in [1.29, 1.82) is 0 Å². The molecule has 0 aromatic heterocycles. The van der Waals surface area contributed by atoms with Crippen molar-refractivity contribution < 1.29 is 9.59 Å². The van der Waals surface area contributed by atoms with E-state index in [1.165, 1.54) is 11.8 Å². The van der Waals surface area contributed by atoms with Gasteiger partial charge in [0.05, 0.1) is 11.5 Å². The van der Waals surface area contributed by atoms with Gasteiger partial charge in [-0.3, -0.25) is 9.59 Å².